The third-order valence-corrected chi connectivity index (χ3v) is 6.09. The van der Waals surface area contributed by atoms with Crippen LogP contribution in [0.4, 0.5) is 0 Å². The molecule has 0 unspecified atom stereocenters. The molecule has 1 heterocycles. The minimum Gasteiger partial charge on any atom is -0.469 e. The van der Waals surface area contributed by atoms with Crippen LogP contribution in [0.25, 0.3) is 10.9 Å². The number of hydrogen-bond donors (Lipinski definition) is 1. The lowest BCUT2D eigenvalue weighted by molar-refractivity contribution is -0.142. The lowest BCUT2D eigenvalue weighted by atomic mass is 9.65. The molecule has 0 saturated heterocycles. The van der Waals surface area contributed by atoms with Crippen molar-refractivity contribution in [2.75, 3.05) is 7.11 Å². The maximum Gasteiger partial charge on any atom is 0.306 e. The molecule has 0 bridgehead atoms. The van der Waals surface area contributed by atoms with Gasteiger partial charge in [0.05, 0.1) is 13.5 Å². The molecule has 1 aliphatic carbocycles. The van der Waals surface area contributed by atoms with E-state index in [9.17, 15) is 4.79 Å². The number of nitrogens with one attached hydrogen (secondary N) is 1. The summed E-state index contributed by atoms with van der Waals surface area (Å²) in [5, 5.41) is 1.32. The third kappa shape index (κ3) is 2.90. The lowest BCUT2D eigenvalue weighted by Gasteiger charge is -2.39. The molecule has 25 heavy (non-hydrogen) atoms. The van der Waals surface area contributed by atoms with Gasteiger partial charge in [-0.1, -0.05) is 38.1 Å². The number of para-hydroxylation sites is 1. The quantitative estimate of drug-likeness (QED) is 0.566. The molecule has 3 heteroatoms. The Kier molecular flexibility index (Phi) is 5.03. The van der Waals surface area contributed by atoms with Gasteiger partial charge in [0.2, 0.25) is 0 Å². The van der Waals surface area contributed by atoms with E-state index in [2.05, 4.69) is 43.6 Å². The molecule has 3 nitrogen and oxygen atoms in total. The monoisotopic (exact) mass is 339 g/mol. The van der Waals surface area contributed by atoms with Crippen molar-refractivity contribution >= 4 is 16.9 Å². The number of H-pyrrole nitrogens is 1. The minimum atomic E-state index is -0.149. The first kappa shape index (κ1) is 17.8. The Morgan fingerprint density at radius 2 is 2.24 bits per heavy atom. The number of esters is 1. The molecule has 1 aliphatic rings. The van der Waals surface area contributed by atoms with E-state index in [0.29, 0.717) is 12.3 Å². The van der Waals surface area contributed by atoms with Gasteiger partial charge in [0.15, 0.2) is 0 Å². The number of hydrogen-bond acceptors (Lipinski definition) is 2. The van der Waals surface area contributed by atoms with Crippen molar-refractivity contribution < 1.29 is 9.53 Å². The second-order valence-corrected chi connectivity index (χ2v) is 7.25. The van der Waals surface area contributed by atoms with Crippen LogP contribution in [0.15, 0.2) is 30.9 Å². The van der Waals surface area contributed by atoms with Crippen LogP contribution in [0.3, 0.4) is 0 Å². The predicted octanol–water partition coefficient (Wildman–Crippen LogP) is 5.39. The summed E-state index contributed by atoms with van der Waals surface area (Å²) in [5.41, 5.74) is 5.10. The van der Waals surface area contributed by atoms with Crippen molar-refractivity contribution in [2.45, 2.75) is 63.7 Å². The number of carbonyl (C=O) groups excluding carboxylic acids is 1. The van der Waals surface area contributed by atoms with Crippen LogP contribution < -0.4 is 0 Å². The normalized spacial score (nSPS) is 22.6. The van der Waals surface area contributed by atoms with E-state index >= 15 is 0 Å². The van der Waals surface area contributed by atoms with Gasteiger partial charge < -0.3 is 9.72 Å². The number of methoxy groups -OCH3 is 1. The maximum atomic E-state index is 12.1. The summed E-state index contributed by atoms with van der Waals surface area (Å²) >= 11 is 0. The van der Waals surface area contributed by atoms with Crippen molar-refractivity contribution in [3.8, 4) is 0 Å². The fourth-order valence-electron chi connectivity index (χ4n) is 4.60. The number of ether oxygens (including phenoxy) is 1. The maximum absolute atomic E-state index is 12.1. The summed E-state index contributed by atoms with van der Waals surface area (Å²) < 4.78 is 5.02. The average Bonchev–Trinajstić information content (AvgIpc) is 3.04. The van der Waals surface area contributed by atoms with Crippen molar-refractivity contribution in [3.05, 3.63) is 47.7 Å². The summed E-state index contributed by atoms with van der Waals surface area (Å²) in [4.78, 5) is 15.9. The van der Waals surface area contributed by atoms with Gasteiger partial charge in [-0.2, -0.15) is 0 Å². The molecule has 0 spiro atoms. The molecular weight excluding hydrogens is 310 g/mol. The Morgan fingerprint density at radius 1 is 1.44 bits per heavy atom. The summed E-state index contributed by atoms with van der Waals surface area (Å²) in [7, 11) is 1.48. The fraction of sp³-hybridized carbons (Fsp3) is 0.500. The van der Waals surface area contributed by atoms with E-state index in [0.717, 1.165) is 32.1 Å². The molecule has 134 valence electrons. The zero-order valence-corrected chi connectivity index (χ0v) is 15.7. The van der Waals surface area contributed by atoms with Gasteiger partial charge in [-0.05, 0) is 49.1 Å². The molecule has 0 amide bonds. The van der Waals surface area contributed by atoms with Crippen molar-refractivity contribution in [3.63, 3.8) is 0 Å². The highest BCUT2D eigenvalue weighted by Crippen LogP contribution is 2.50. The van der Waals surface area contributed by atoms with E-state index in [4.69, 9.17) is 4.74 Å². The molecule has 1 aromatic carbocycles. The fourth-order valence-corrected chi connectivity index (χ4v) is 4.60. The summed E-state index contributed by atoms with van der Waals surface area (Å²) in [6.07, 6.45) is 7.49. The molecule has 0 fully saturated rings. The van der Waals surface area contributed by atoms with Crippen LogP contribution >= 0.6 is 0 Å². The SMILES string of the molecule is C=CC[C@H]1CC[C@@](CC)(CC(=O)OC)c2[nH]c3c(CC)cccc3c21. The molecule has 1 N–H and O–H groups in total. The van der Waals surface area contributed by atoms with Crippen LogP contribution in [-0.4, -0.2) is 18.1 Å². The smallest absolute Gasteiger partial charge is 0.306 e. The Morgan fingerprint density at radius 3 is 2.88 bits per heavy atom. The highest BCUT2D eigenvalue weighted by atomic mass is 16.5. The Balaban J connectivity index is 2.24. The molecular formula is C22H29NO2. The highest BCUT2D eigenvalue weighted by Gasteiger charge is 2.42. The summed E-state index contributed by atoms with van der Waals surface area (Å²) in [5.74, 6) is 0.356. The first-order chi connectivity index (χ1) is 12.1. The first-order valence-electron chi connectivity index (χ1n) is 9.41. The molecule has 2 aromatic rings. The average molecular weight is 339 g/mol. The second kappa shape index (κ2) is 7.07. The van der Waals surface area contributed by atoms with Gasteiger partial charge in [-0.15, -0.1) is 6.58 Å². The summed E-state index contributed by atoms with van der Waals surface area (Å²) in [6, 6.07) is 6.58. The van der Waals surface area contributed by atoms with Crippen molar-refractivity contribution in [1.29, 1.82) is 0 Å². The third-order valence-electron chi connectivity index (χ3n) is 6.09. The molecule has 3 rings (SSSR count). The van der Waals surface area contributed by atoms with Gasteiger partial charge in [0.1, 0.15) is 0 Å². The zero-order valence-electron chi connectivity index (χ0n) is 15.7. The number of rotatable bonds is 6. The van der Waals surface area contributed by atoms with Gasteiger partial charge in [-0.3, -0.25) is 4.79 Å². The van der Waals surface area contributed by atoms with E-state index in [-0.39, 0.29) is 11.4 Å². The lowest BCUT2D eigenvalue weighted by Crippen LogP contribution is -2.34. The highest BCUT2D eigenvalue weighted by molar-refractivity contribution is 5.89. The summed E-state index contributed by atoms with van der Waals surface area (Å²) in [6.45, 7) is 8.34. The molecule has 0 radical (unpaired) electrons. The van der Waals surface area contributed by atoms with E-state index in [1.54, 1.807) is 0 Å². The van der Waals surface area contributed by atoms with Gasteiger partial charge >= 0.3 is 5.97 Å². The van der Waals surface area contributed by atoms with Gasteiger partial charge in [-0.25, -0.2) is 0 Å². The Labute approximate surface area is 150 Å². The number of aryl methyl sites for hydroxylation is 1. The molecule has 0 saturated carbocycles. The number of aromatic nitrogens is 1. The van der Waals surface area contributed by atoms with E-state index in [1.165, 1.54) is 34.8 Å². The van der Waals surface area contributed by atoms with Crippen LogP contribution in [0.2, 0.25) is 0 Å². The Hall–Kier alpha value is -2.03. The molecule has 1 aromatic heterocycles. The number of benzene rings is 1. The van der Waals surface area contributed by atoms with Crippen molar-refractivity contribution in [2.24, 2.45) is 0 Å². The van der Waals surface area contributed by atoms with Gasteiger partial charge in [0.25, 0.3) is 0 Å². The largest absolute Gasteiger partial charge is 0.469 e. The zero-order chi connectivity index (χ0) is 18.0. The van der Waals surface area contributed by atoms with E-state index < -0.39 is 0 Å². The van der Waals surface area contributed by atoms with Gasteiger partial charge in [0, 0.05) is 22.0 Å². The van der Waals surface area contributed by atoms with E-state index in [1.807, 2.05) is 6.08 Å². The molecule has 0 aliphatic heterocycles. The second-order valence-electron chi connectivity index (χ2n) is 7.25. The minimum absolute atomic E-state index is 0.121. The van der Waals surface area contributed by atoms with Crippen LogP contribution in [0, 0.1) is 0 Å². The van der Waals surface area contributed by atoms with Crippen LogP contribution in [0.5, 0.6) is 0 Å². The van der Waals surface area contributed by atoms with Crippen LogP contribution in [-0.2, 0) is 21.4 Å². The number of carbonyl (C=O) groups is 1. The first-order valence-corrected chi connectivity index (χ1v) is 9.41. The van der Waals surface area contributed by atoms with Crippen molar-refractivity contribution in [1.82, 2.24) is 4.98 Å². The molecule has 2 atom stereocenters. The Bertz CT molecular complexity index is 789. The standard InChI is InChI=1S/C22H29NO2/c1-5-9-16-12-13-22(7-3,14-18(24)25-4)21-19(16)17-11-8-10-15(6-2)20(17)23-21/h5,8,10-11,16,23H,1,6-7,9,12-14H2,2-4H3/t16-,22-/m0/s1. The number of fused-ring (bicyclic) bond motifs is 3. The predicted molar refractivity (Wildman–Crippen MR) is 103 cm³/mol. The number of aromatic amines is 1. The van der Waals surface area contributed by atoms with Crippen LogP contribution in [0.1, 0.15) is 68.7 Å². The number of allylic oxidation sites excluding steroid dienone is 1. The topological polar surface area (TPSA) is 42.1 Å².